The molecule has 0 spiro atoms. The average Bonchev–Trinajstić information content (AvgIpc) is 2.76. The molecular weight excluding hydrogens is 230 g/mol. The van der Waals surface area contributed by atoms with Gasteiger partial charge in [-0.25, -0.2) is 4.98 Å². The number of carbonyl (C=O) groups is 2. The van der Waals surface area contributed by atoms with Crippen LogP contribution in [-0.2, 0) is 4.79 Å². The molecule has 0 aromatic carbocycles. The molecule has 0 bridgehead atoms. The monoisotopic (exact) mass is 243 g/mol. The second-order valence-corrected chi connectivity index (χ2v) is 3.87. The normalized spacial score (nSPS) is 10.9. The number of carbonyl (C=O) groups excluding carboxylic acids is 2. The van der Waals surface area contributed by atoms with Crippen LogP contribution in [0, 0.1) is 0 Å². The topological polar surface area (TPSA) is 74.8 Å². The molecule has 2 aromatic rings. The lowest BCUT2D eigenvalue weighted by Crippen LogP contribution is -2.19. The number of H-pyrrole nitrogens is 1. The van der Waals surface area contributed by atoms with Crippen LogP contribution >= 0.6 is 0 Å². The number of nitrogens with one attached hydrogen (secondary N) is 2. The Morgan fingerprint density at radius 1 is 1.56 bits per heavy atom. The van der Waals surface area contributed by atoms with Crippen LogP contribution < -0.4 is 5.32 Å². The highest BCUT2D eigenvalue weighted by atomic mass is 16.1. The molecule has 0 aliphatic rings. The third kappa shape index (κ3) is 2.63. The molecule has 0 aliphatic heterocycles. The standard InChI is InChI=1S/C13H13N3O2/c1-9(18)14-4-2-3-10-5-12-11(8-17)7-16-13(12)15-6-10/h2-3,5-8H,4H2,1H3,(H,14,18)(H,15,16). The minimum atomic E-state index is -0.0675. The number of nitrogens with zero attached hydrogens (tertiary/aromatic N) is 1. The van der Waals surface area contributed by atoms with Gasteiger partial charge in [0.1, 0.15) is 5.65 Å². The van der Waals surface area contributed by atoms with Gasteiger partial charge >= 0.3 is 0 Å². The lowest BCUT2D eigenvalue weighted by atomic mass is 10.2. The summed E-state index contributed by atoms with van der Waals surface area (Å²) >= 11 is 0. The molecule has 2 heterocycles. The van der Waals surface area contributed by atoms with E-state index < -0.39 is 0 Å². The molecule has 0 aliphatic carbocycles. The fraction of sp³-hybridized carbons (Fsp3) is 0.154. The maximum atomic E-state index is 10.8. The van der Waals surface area contributed by atoms with E-state index in [9.17, 15) is 9.59 Å². The van der Waals surface area contributed by atoms with E-state index in [0.717, 1.165) is 17.2 Å². The summed E-state index contributed by atoms with van der Waals surface area (Å²) in [7, 11) is 0. The maximum Gasteiger partial charge on any atom is 0.217 e. The van der Waals surface area contributed by atoms with Gasteiger partial charge in [0.25, 0.3) is 0 Å². The van der Waals surface area contributed by atoms with Crippen LogP contribution in [0.1, 0.15) is 22.8 Å². The number of hydrogen-bond donors (Lipinski definition) is 2. The molecule has 0 saturated heterocycles. The lowest BCUT2D eigenvalue weighted by Gasteiger charge is -1.96. The summed E-state index contributed by atoms with van der Waals surface area (Å²) in [6.07, 6.45) is 7.82. The van der Waals surface area contributed by atoms with Crippen LogP contribution in [-0.4, -0.2) is 28.7 Å². The van der Waals surface area contributed by atoms with Crippen LogP contribution in [0.2, 0.25) is 0 Å². The Bertz CT molecular complexity index is 614. The summed E-state index contributed by atoms with van der Waals surface area (Å²) in [5.41, 5.74) is 2.17. The lowest BCUT2D eigenvalue weighted by molar-refractivity contribution is -0.118. The van der Waals surface area contributed by atoms with Crippen LogP contribution in [0.4, 0.5) is 0 Å². The van der Waals surface area contributed by atoms with Crippen LogP contribution in [0.3, 0.4) is 0 Å². The summed E-state index contributed by atoms with van der Waals surface area (Å²) in [6.45, 7) is 1.94. The Balaban J connectivity index is 2.18. The molecule has 2 rings (SSSR count). The molecule has 0 radical (unpaired) electrons. The number of fused-ring (bicyclic) bond motifs is 1. The van der Waals surface area contributed by atoms with Crippen molar-refractivity contribution in [2.24, 2.45) is 0 Å². The first-order valence-corrected chi connectivity index (χ1v) is 5.54. The van der Waals surface area contributed by atoms with Crippen molar-refractivity contribution in [3.8, 4) is 0 Å². The summed E-state index contributed by atoms with van der Waals surface area (Å²) in [5.74, 6) is -0.0675. The van der Waals surface area contributed by atoms with Gasteiger partial charge in [0.15, 0.2) is 6.29 Å². The van der Waals surface area contributed by atoms with E-state index in [1.165, 1.54) is 6.92 Å². The van der Waals surface area contributed by atoms with Gasteiger partial charge in [0, 0.05) is 36.8 Å². The van der Waals surface area contributed by atoms with Crippen molar-refractivity contribution in [3.63, 3.8) is 0 Å². The van der Waals surface area contributed by atoms with Crippen molar-refractivity contribution in [1.82, 2.24) is 15.3 Å². The molecule has 0 fully saturated rings. The number of amides is 1. The quantitative estimate of drug-likeness (QED) is 0.799. The molecule has 92 valence electrons. The molecule has 5 heteroatoms. The zero-order valence-electron chi connectivity index (χ0n) is 9.93. The van der Waals surface area contributed by atoms with E-state index in [0.29, 0.717) is 17.8 Å². The molecule has 0 unspecified atom stereocenters. The van der Waals surface area contributed by atoms with Gasteiger partial charge in [0.2, 0.25) is 5.91 Å². The second-order valence-electron chi connectivity index (χ2n) is 3.87. The predicted molar refractivity (Wildman–Crippen MR) is 69.2 cm³/mol. The second kappa shape index (κ2) is 5.27. The summed E-state index contributed by atoms with van der Waals surface area (Å²) in [5, 5.41) is 3.46. The molecule has 1 amide bonds. The highest BCUT2D eigenvalue weighted by Gasteiger charge is 2.03. The molecule has 0 atom stereocenters. The van der Waals surface area contributed by atoms with Crippen molar-refractivity contribution >= 4 is 29.3 Å². The van der Waals surface area contributed by atoms with Crippen molar-refractivity contribution in [2.45, 2.75) is 6.92 Å². The largest absolute Gasteiger partial charge is 0.353 e. The Morgan fingerprint density at radius 3 is 3.11 bits per heavy atom. The van der Waals surface area contributed by atoms with Gasteiger partial charge in [-0.15, -0.1) is 0 Å². The van der Waals surface area contributed by atoms with E-state index in [4.69, 9.17) is 0 Å². The highest BCUT2D eigenvalue weighted by Crippen LogP contribution is 2.16. The fourth-order valence-electron chi connectivity index (χ4n) is 1.63. The van der Waals surface area contributed by atoms with E-state index in [1.807, 2.05) is 18.2 Å². The third-order valence-corrected chi connectivity index (χ3v) is 2.49. The van der Waals surface area contributed by atoms with Gasteiger partial charge in [-0.2, -0.15) is 0 Å². The maximum absolute atomic E-state index is 10.8. The van der Waals surface area contributed by atoms with Crippen molar-refractivity contribution in [1.29, 1.82) is 0 Å². The average molecular weight is 243 g/mol. The molecule has 18 heavy (non-hydrogen) atoms. The van der Waals surface area contributed by atoms with E-state index in [1.54, 1.807) is 12.4 Å². The Kier molecular flexibility index (Phi) is 3.52. The van der Waals surface area contributed by atoms with E-state index >= 15 is 0 Å². The highest BCUT2D eigenvalue weighted by molar-refractivity contribution is 5.96. The first-order valence-electron chi connectivity index (χ1n) is 5.54. The molecule has 5 nitrogen and oxygen atoms in total. The number of aldehydes is 1. The Labute approximate surface area is 104 Å². The third-order valence-electron chi connectivity index (χ3n) is 2.49. The zero-order valence-corrected chi connectivity index (χ0v) is 9.93. The summed E-state index contributed by atoms with van der Waals surface area (Å²) < 4.78 is 0. The molecular formula is C13H13N3O2. The minimum Gasteiger partial charge on any atom is -0.353 e. The summed E-state index contributed by atoms with van der Waals surface area (Å²) in [4.78, 5) is 28.6. The number of rotatable bonds is 4. The van der Waals surface area contributed by atoms with Gasteiger partial charge < -0.3 is 10.3 Å². The minimum absolute atomic E-state index is 0.0675. The Hall–Kier alpha value is -2.43. The molecule has 2 aromatic heterocycles. The number of hydrogen-bond acceptors (Lipinski definition) is 3. The van der Waals surface area contributed by atoms with Crippen molar-refractivity contribution in [2.75, 3.05) is 6.54 Å². The van der Waals surface area contributed by atoms with Crippen LogP contribution in [0.15, 0.2) is 24.5 Å². The predicted octanol–water partition coefficient (Wildman–Crippen LogP) is 1.52. The first kappa shape index (κ1) is 12.0. The number of aromatic nitrogens is 2. The summed E-state index contributed by atoms with van der Waals surface area (Å²) in [6, 6.07) is 1.88. The SMILES string of the molecule is CC(=O)NCC=Cc1cnc2[nH]cc(C=O)c2c1. The van der Waals surface area contributed by atoms with Crippen LogP contribution in [0.25, 0.3) is 17.1 Å². The smallest absolute Gasteiger partial charge is 0.217 e. The fourth-order valence-corrected chi connectivity index (χ4v) is 1.63. The van der Waals surface area contributed by atoms with Crippen LogP contribution in [0.5, 0.6) is 0 Å². The molecule has 0 saturated carbocycles. The van der Waals surface area contributed by atoms with Crippen molar-refractivity contribution in [3.05, 3.63) is 35.7 Å². The van der Waals surface area contributed by atoms with Gasteiger partial charge in [0.05, 0.1) is 0 Å². The van der Waals surface area contributed by atoms with Gasteiger partial charge in [-0.05, 0) is 11.6 Å². The molecule has 2 N–H and O–H groups in total. The number of pyridine rings is 1. The van der Waals surface area contributed by atoms with Gasteiger partial charge in [-0.3, -0.25) is 9.59 Å². The Morgan fingerprint density at radius 2 is 2.39 bits per heavy atom. The number of aromatic amines is 1. The van der Waals surface area contributed by atoms with E-state index in [-0.39, 0.29) is 5.91 Å². The van der Waals surface area contributed by atoms with Crippen molar-refractivity contribution < 1.29 is 9.59 Å². The van der Waals surface area contributed by atoms with E-state index in [2.05, 4.69) is 15.3 Å². The van der Waals surface area contributed by atoms with Gasteiger partial charge in [-0.1, -0.05) is 12.2 Å². The first-order chi connectivity index (χ1) is 8.70. The zero-order chi connectivity index (χ0) is 13.0.